The van der Waals surface area contributed by atoms with E-state index in [1.807, 2.05) is 18.2 Å². The van der Waals surface area contributed by atoms with Gasteiger partial charge in [-0.2, -0.15) is 5.10 Å². The molecule has 1 N–H and O–H groups in total. The summed E-state index contributed by atoms with van der Waals surface area (Å²) in [5.74, 6) is 0.0572. The van der Waals surface area contributed by atoms with E-state index in [0.717, 1.165) is 61.7 Å². The van der Waals surface area contributed by atoms with Gasteiger partial charge >= 0.3 is 0 Å². The monoisotopic (exact) mass is 477 g/mol. The number of nitrogens with zero attached hydrogens (tertiary/aromatic N) is 4. The lowest BCUT2D eigenvalue weighted by molar-refractivity contribution is 0.0951. The first-order valence-electron chi connectivity index (χ1n) is 12.6. The van der Waals surface area contributed by atoms with Crippen LogP contribution in [0.1, 0.15) is 46.4 Å². The molecule has 1 aromatic carbocycles. The zero-order valence-electron chi connectivity index (χ0n) is 20.3. The predicted octanol–water partition coefficient (Wildman–Crippen LogP) is 4.16. The molecular weight excluding hydrogens is 442 g/mol. The van der Waals surface area contributed by atoms with Crippen molar-refractivity contribution in [3.8, 4) is 16.1 Å². The first kappa shape index (κ1) is 23.3. The van der Waals surface area contributed by atoms with Crippen LogP contribution in [0, 0.1) is 6.92 Å². The molecule has 1 fully saturated rings. The Hall–Kier alpha value is -2.48. The summed E-state index contributed by atoms with van der Waals surface area (Å²) in [5.41, 5.74) is 5.88. The van der Waals surface area contributed by atoms with Gasteiger partial charge in [0.15, 0.2) is 0 Å². The second kappa shape index (κ2) is 10.4. The molecule has 1 amide bonds. The minimum absolute atomic E-state index is 0.0572. The average Bonchev–Trinajstić information content (AvgIpc) is 3.44. The highest BCUT2D eigenvalue weighted by molar-refractivity contribution is 7.17. The Balaban J connectivity index is 1.19. The summed E-state index contributed by atoms with van der Waals surface area (Å²) in [4.78, 5) is 20.0. The quantitative estimate of drug-likeness (QED) is 0.495. The fourth-order valence-electron chi connectivity index (χ4n) is 5.22. The van der Waals surface area contributed by atoms with E-state index in [-0.39, 0.29) is 5.91 Å². The van der Waals surface area contributed by atoms with E-state index in [0.29, 0.717) is 0 Å². The highest BCUT2D eigenvalue weighted by atomic mass is 32.1. The van der Waals surface area contributed by atoms with Crippen LogP contribution < -0.4 is 5.32 Å². The first-order chi connectivity index (χ1) is 16.6. The smallest absolute Gasteiger partial charge is 0.261 e. The number of carbonyl (C=O) groups excluding carboxylic acids is 1. The van der Waals surface area contributed by atoms with E-state index in [4.69, 9.17) is 5.10 Å². The molecule has 0 saturated carbocycles. The molecule has 0 radical (unpaired) electrons. The highest BCUT2D eigenvalue weighted by Crippen LogP contribution is 2.42. The number of aryl methyl sites for hydroxylation is 2. The number of benzene rings is 1. The number of fused-ring (bicyclic) bond motifs is 3. The third-order valence-electron chi connectivity index (χ3n) is 6.99. The Morgan fingerprint density at radius 2 is 1.79 bits per heavy atom. The van der Waals surface area contributed by atoms with Crippen molar-refractivity contribution in [3.05, 3.63) is 58.2 Å². The summed E-state index contributed by atoms with van der Waals surface area (Å²) in [5, 5.41) is 8.01. The molecule has 6 nitrogen and oxygen atoms in total. The number of hydrogen-bond acceptors (Lipinski definition) is 5. The van der Waals surface area contributed by atoms with Crippen molar-refractivity contribution in [1.82, 2.24) is 24.9 Å². The van der Waals surface area contributed by atoms with Gasteiger partial charge in [0.25, 0.3) is 5.91 Å². The second-order valence-corrected chi connectivity index (χ2v) is 10.5. The van der Waals surface area contributed by atoms with E-state index >= 15 is 0 Å². The Kier molecular flexibility index (Phi) is 7.13. The van der Waals surface area contributed by atoms with Gasteiger partial charge in [-0.3, -0.25) is 4.79 Å². The van der Waals surface area contributed by atoms with Gasteiger partial charge in [-0.05, 0) is 69.5 Å². The van der Waals surface area contributed by atoms with Crippen LogP contribution in [-0.2, 0) is 12.8 Å². The third kappa shape index (κ3) is 4.83. The van der Waals surface area contributed by atoms with Crippen LogP contribution >= 0.6 is 11.3 Å². The molecule has 1 aliphatic carbocycles. The van der Waals surface area contributed by atoms with Crippen LogP contribution in [0.3, 0.4) is 0 Å². The van der Waals surface area contributed by atoms with E-state index in [2.05, 4.69) is 51.8 Å². The van der Waals surface area contributed by atoms with Gasteiger partial charge in [-0.15, -0.1) is 11.3 Å². The van der Waals surface area contributed by atoms with Gasteiger partial charge in [0.1, 0.15) is 0 Å². The van der Waals surface area contributed by atoms with E-state index < -0.39 is 0 Å². The van der Waals surface area contributed by atoms with Crippen LogP contribution in [-0.4, -0.2) is 71.3 Å². The lowest BCUT2D eigenvalue weighted by atomic mass is 9.95. The van der Waals surface area contributed by atoms with E-state index in [9.17, 15) is 4.79 Å². The van der Waals surface area contributed by atoms with Gasteiger partial charge in [-0.1, -0.05) is 25.1 Å². The molecule has 0 spiro atoms. The van der Waals surface area contributed by atoms with Gasteiger partial charge in [0.05, 0.1) is 22.0 Å². The number of thiophene rings is 1. The Morgan fingerprint density at radius 3 is 2.53 bits per heavy atom. The number of piperazine rings is 1. The van der Waals surface area contributed by atoms with Crippen LogP contribution in [0.15, 0.2) is 36.4 Å². The SMILES string of the molecule is CCCN1CCN(CCCNC(=O)c2cc3c(s2)-c2c(C)nn(-c4ccccc4)c2CC3)CC1. The minimum Gasteiger partial charge on any atom is -0.351 e. The molecule has 3 heterocycles. The standard InChI is InChI=1S/C27H35N5OS/c1-3-13-30-15-17-31(18-16-30)14-7-12-28-27(33)24-19-21-10-11-23-25(26(21)34-24)20(2)29-32(23)22-8-5-4-6-9-22/h4-6,8-9,19H,3,7,10-18H2,1-2H3,(H,28,33). The summed E-state index contributed by atoms with van der Waals surface area (Å²) in [6.45, 7) is 11.9. The number of nitrogens with one attached hydrogen (secondary N) is 1. The summed E-state index contributed by atoms with van der Waals surface area (Å²) in [6, 6.07) is 12.4. The van der Waals surface area contributed by atoms with Crippen molar-refractivity contribution >= 4 is 17.2 Å². The maximum atomic E-state index is 12.9. The maximum Gasteiger partial charge on any atom is 0.261 e. The fraction of sp³-hybridized carbons (Fsp3) is 0.481. The molecule has 0 atom stereocenters. The Bertz CT molecular complexity index is 1130. The van der Waals surface area contributed by atoms with Gasteiger partial charge in [-0.25, -0.2) is 4.68 Å². The molecule has 180 valence electrons. The molecule has 2 aliphatic rings. The zero-order valence-corrected chi connectivity index (χ0v) is 21.2. The van der Waals surface area contributed by atoms with E-state index in [1.165, 1.54) is 47.8 Å². The topological polar surface area (TPSA) is 53.4 Å². The molecule has 5 rings (SSSR count). The number of para-hydroxylation sites is 1. The average molecular weight is 478 g/mol. The van der Waals surface area contributed by atoms with Gasteiger partial charge < -0.3 is 15.1 Å². The molecule has 0 bridgehead atoms. The number of aromatic nitrogens is 2. The number of carbonyl (C=O) groups is 1. The Morgan fingerprint density at radius 1 is 1.06 bits per heavy atom. The highest BCUT2D eigenvalue weighted by Gasteiger charge is 2.27. The molecule has 2 aromatic heterocycles. The van der Waals surface area contributed by atoms with Crippen molar-refractivity contribution in [2.24, 2.45) is 0 Å². The molecule has 3 aromatic rings. The van der Waals surface area contributed by atoms with Crippen molar-refractivity contribution in [1.29, 1.82) is 0 Å². The minimum atomic E-state index is 0.0572. The van der Waals surface area contributed by atoms with Crippen LogP contribution in [0.25, 0.3) is 16.1 Å². The third-order valence-corrected chi connectivity index (χ3v) is 8.18. The van der Waals surface area contributed by atoms with Crippen LogP contribution in [0.4, 0.5) is 0 Å². The summed E-state index contributed by atoms with van der Waals surface area (Å²) in [7, 11) is 0. The van der Waals surface area contributed by atoms with Gasteiger partial charge in [0.2, 0.25) is 0 Å². The molecular formula is C27H35N5OS. The second-order valence-electron chi connectivity index (χ2n) is 9.41. The van der Waals surface area contributed by atoms with Crippen molar-refractivity contribution in [2.45, 2.75) is 39.5 Å². The lowest BCUT2D eigenvalue weighted by Gasteiger charge is -2.34. The number of rotatable bonds is 8. The van der Waals surface area contributed by atoms with Crippen molar-refractivity contribution in [3.63, 3.8) is 0 Å². The molecule has 1 saturated heterocycles. The first-order valence-corrected chi connectivity index (χ1v) is 13.5. The zero-order chi connectivity index (χ0) is 23.5. The van der Waals surface area contributed by atoms with Gasteiger partial charge in [0, 0.05) is 43.2 Å². The predicted molar refractivity (Wildman–Crippen MR) is 139 cm³/mol. The normalized spacial score (nSPS) is 16.3. The van der Waals surface area contributed by atoms with E-state index in [1.54, 1.807) is 11.3 Å². The summed E-state index contributed by atoms with van der Waals surface area (Å²) < 4.78 is 2.08. The molecule has 7 heteroatoms. The summed E-state index contributed by atoms with van der Waals surface area (Å²) in [6.07, 6.45) is 4.13. The maximum absolute atomic E-state index is 12.9. The van der Waals surface area contributed by atoms with Crippen LogP contribution in [0.5, 0.6) is 0 Å². The molecule has 0 unspecified atom stereocenters. The summed E-state index contributed by atoms with van der Waals surface area (Å²) >= 11 is 1.62. The largest absolute Gasteiger partial charge is 0.351 e. The molecule has 34 heavy (non-hydrogen) atoms. The lowest BCUT2D eigenvalue weighted by Crippen LogP contribution is -2.47. The fourth-order valence-corrected chi connectivity index (χ4v) is 6.47. The van der Waals surface area contributed by atoms with Crippen molar-refractivity contribution in [2.75, 3.05) is 45.8 Å². The van der Waals surface area contributed by atoms with Crippen molar-refractivity contribution < 1.29 is 4.79 Å². The van der Waals surface area contributed by atoms with Crippen LogP contribution in [0.2, 0.25) is 0 Å². The Labute approximate surface area is 206 Å². The molecule has 1 aliphatic heterocycles. The number of hydrogen-bond donors (Lipinski definition) is 1. The number of amides is 1.